The van der Waals surface area contributed by atoms with Crippen LogP contribution in [0.5, 0.6) is 5.75 Å². The van der Waals surface area contributed by atoms with Crippen LogP contribution in [0.4, 0.5) is 13.2 Å². The zero-order valence-electron chi connectivity index (χ0n) is 9.71. The Balaban J connectivity index is 3.46. The summed E-state index contributed by atoms with van der Waals surface area (Å²) in [5, 5.41) is 8.80. The van der Waals surface area contributed by atoms with Crippen LogP contribution in [-0.4, -0.2) is 24.4 Å². The van der Waals surface area contributed by atoms with Gasteiger partial charge in [-0.25, -0.2) is 4.79 Å². The maximum absolute atomic E-state index is 12.9. The average Bonchev–Trinajstić information content (AvgIpc) is 2.26. The number of ether oxygens (including phenoxy) is 1. The smallest absolute Gasteiger partial charge is 0.421 e. The third-order valence-electron chi connectivity index (χ3n) is 2.64. The molecule has 7 heteroatoms. The maximum Gasteiger partial charge on any atom is 0.421 e. The molecule has 100 valence electrons. The van der Waals surface area contributed by atoms with Gasteiger partial charge in [-0.3, -0.25) is 0 Å². The van der Waals surface area contributed by atoms with E-state index in [9.17, 15) is 18.0 Å². The van der Waals surface area contributed by atoms with Crippen molar-refractivity contribution >= 4 is 5.97 Å². The number of carboxylic acid groups (broad SMARTS) is 1. The lowest BCUT2D eigenvalue weighted by molar-refractivity contribution is -0.204. The van der Waals surface area contributed by atoms with E-state index in [0.717, 1.165) is 6.07 Å². The van der Waals surface area contributed by atoms with Crippen LogP contribution in [0.1, 0.15) is 11.1 Å². The highest BCUT2D eigenvalue weighted by Gasteiger charge is 2.60. The number of alkyl halides is 3. The molecule has 0 saturated carbocycles. The number of carbonyl (C=O) groups is 1. The summed E-state index contributed by atoms with van der Waals surface area (Å²) in [5.74, 6) is -1.82. The van der Waals surface area contributed by atoms with E-state index in [4.69, 9.17) is 15.6 Å². The van der Waals surface area contributed by atoms with E-state index >= 15 is 0 Å². The van der Waals surface area contributed by atoms with Gasteiger partial charge < -0.3 is 15.6 Å². The van der Waals surface area contributed by atoms with Crippen molar-refractivity contribution in [1.29, 1.82) is 0 Å². The Hall–Kier alpha value is -1.76. The zero-order valence-corrected chi connectivity index (χ0v) is 9.71. The van der Waals surface area contributed by atoms with E-state index in [2.05, 4.69) is 0 Å². The Labute approximate surface area is 101 Å². The lowest BCUT2D eigenvalue weighted by Gasteiger charge is -2.29. The molecular weight excluding hydrogens is 251 g/mol. The minimum absolute atomic E-state index is 0.0941. The van der Waals surface area contributed by atoms with Gasteiger partial charge in [-0.05, 0) is 30.2 Å². The third kappa shape index (κ3) is 2.13. The van der Waals surface area contributed by atoms with Crippen molar-refractivity contribution in [3.8, 4) is 5.75 Å². The fourth-order valence-electron chi connectivity index (χ4n) is 1.59. The van der Waals surface area contributed by atoms with Gasteiger partial charge in [-0.2, -0.15) is 13.2 Å². The number of methoxy groups -OCH3 is 1. The predicted molar refractivity (Wildman–Crippen MR) is 57.3 cm³/mol. The van der Waals surface area contributed by atoms with Gasteiger partial charge in [0.25, 0.3) is 0 Å². The molecule has 1 unspecified atom stereocenters. The van der Waals surface area contributed by atoms with Crippen LogP contribution in [0.25, 0.3) is 0 Å². The summed E-state index contributed by atoms with van der Waals surface area (Å²) in [6, 6.07) is 3.54. The molecule has 0 fully saturated rings. The van der Waals surface area contributed by atoms with E-state index in [-0.39, 0.29) is 5.56 Å². The van der Waals surface area contributed by atoms with Gasteiger partial charge in [-0.15, -0.1) is 0 Å². The molecule has 0 aliphatic carbocycles. The number of rotatable bonds is 3. The molecule has 0 aromatic heterocycles. The van der Waals surface area contributed by atoms with Crippen LogP contribution in [0.2, 0.25) is 0 Å². The minimum atomic E-state index is -5.10. The zero-order chi connectivity index (χ0) is 14.1. The van der Waals surface area contributed by atoms with Crippen LogP contribution in [-0.2, 0) is 10.3 Å². The van der Waals surface area contributed by atoms with Gasteiger partial charge in [-0.1, -0.05) is 6.07 Å². The number of aryl methyl sites for hydroxylation is 1. The van der Waals surface area contributed by atoms with Crippen LogP contribution < -0.4 is 10.5 Å². The first kappa shape index (κ1) is 14.3. The van der Waals surface area contributed by atoms with Gasteiger partial charge in [0.2, 0.25) is 5.54 Å². The molecule has 0 amide bonds. The molecule has 0 saturated heterocycles. The van der Waals surface area contributed by atoms with Gasteiger partial charge in [0.1, 0.15) is 5.75 Å². The van der Waals surface area contributed by atoms with E-state index in [0.29, 0.717) is 5.75 Å². The molecule has 1 rings (SSSR count). The van der Waals surface area contributed by atoms with Crippen molar-refractivity contribution in [3.05, 3.63) is 29.3 Å². The van der Waals surface area contributed by atoms with E-state index in [1.165, 1.54) is 26.2 Å². The van der Waals surface area contributed by atoms with Crippen molar-refractivity contribution in [2.24, 2.45) is 5.73 Å². The normalized spacial score (nSPS) is 15.0. The first-order valence-electron chi connectivity index (χ1n) is 4.88. The maximum atomic E-state index is 12.9. The number of halogens is 3. The second kappa shape index (κ2) is 4.49. The van der Waals surface area contributed by atoms with Crippen LogP contribution in [0.3, 0.4) is 0 Å². The number of hydrogen-bond acceptors (Lipinski definition) is 3. The number of nitrogens with two attached hydrogens (primary N) is 1. The molecule has 4 nitrogen and oxygen atoms in total. The fraction of sp³-hybridized carbons (Fsp3) is 0.364. The summed E-state index contributed by atoms with van der Waals surface area (Å²) in [6.07, 6.45) is -5.10. The highest BCUT2D eigenvalue weighted by Crippen LogP contribution is 2.39. The molecule has 18 heavy (non-hydrogen) atoms. The summed E-state index contributed by atoms with van der Waals surface area (Å²) >= 11 is 0. The Kier molecular flexibility index (Phi) is 3.57. The molecule has 1 atom stereocenters. The molecule has 0 aliphatic rings. The molecule has 0 bridgehead atoms. The SMILES string of the molecule is COc1ccc(C(N)(C(=O)O)C(F)(F)F)c(C)c1. The number of aliphatic carboxylic acids is 1. The van der Waals surface area contributed by atoms with Gasteiger partial charge >= 0.3 is 12.1 Å². The predicted octanol–water partition coefficient (Wildman–Crippen LogP) is 1.80. The average molecular weight is 263 g/mol. The molecule has 0 spiro atoms. The molecule has 0 aliphatic heterocycles. The quantitative estimate of drug-likeness (QED) is 0.872. The first-order valence-corrected chi connectivity index (χ1v) is 4.88. The molecule has 1 aromatic carbocycles. The molecular formula is C11H12F3NO3. The van der Waals surface area contributed by atoms with Crippen molar-refractivity contribution in [2.45, 2.75) is 18.6 Å². The Morgan fingerprint density at radius 3 is 2.28 bits per heavy atom. The lowest BCUT2D eigenvalue weighted by Crippen LogP contribution is -2.56. The topological polar surface area (TPSA) is 72.5 Å². The van der Waals surface area contributed by atoms with Crippen LogP contribution in [0, 0.1) is 6.92 Å². The van der Waals surface area contributed by atoms with Crippen molar-refractivity contribution in [1.82, 2.24) is 0 Å². The largest absolute Gasteiger partial charge is 0.497 e. The minimum Gasteiger partial charge on any atom is -0.497 e. The number of carboxylic acids is 1. The van der Waals surface area contributed by atoms with E-state index in [1.54, 1.807) is 0 Å². The second-order valence-electron chi connectivity index (χ2n) is 3.79. The fourth-order valence-corrected chi connectivity index (χ4v) is 1.59. The van der Waals surface area contributed by atoms with Crippen molar-refractivity contribution < 1.29 is 27.8 Å². The molecule has 0 radical (unpaired) electrons. The van der Waals surface area contributed by atoms with Crippen molar-refractivity contribution in [2.75, 3.05) is 7.11 Å². The second-order valence-corrected chi connectivity index (χ2v) is 3.79. The number of hydrogen-bond donors (Lipinski definition) is 2. The molecule has 0 heterocycles. The summed E-state index contributed by atoms with van der Waals surface area (Å²) in [6.45, 7) is 1.34. The van der Waals surface area contributed by atoms with E-state index in [1.807, 2.05) is 0 Å². The summed E-state index contributed by atoms with van der Waals surface area (Å²) in [5.41, 5.74) is 1.22. The molecule has 1 aromatic rings. The summed E-state index contributed by atoms with van der Waals surface area (Å²) in [7, 11) is 1.35. The van der Waals surface area contributed by atoms with Crippen LogP contribution >= 0.6 is 0 Å². The van der Waals surface area contributed by atoms with Gasteiger partial charge in [0.05, 0.1) is 7.11 Å². The monoisotopic (exact) mass is 263 g/mol. The van der Waals surface area contributed by atoms with E-state index < -0.39 is 23.2 Å². The van der Waals surface area contributed by atoms with Crippen LogP contribution in [0.15, 0.2) is 18.2 Å². The highest BCUT2D eigenvalue weighted by atomic mass is 19.4. The Morgan fingerprint density at radius 1 is 1.39 bits per heavy atom. The Morgan fingerprint density at radius 2 is 1.94 bits per heavy atom. The van der Waals surface area contributed by atoms with Gasteiger partial charge in [0, 0.05) is 0 Å². The highest BCUT2D eigenvalue weighted by molar-refractivity contribution is 5.82. The third-order valence-corrected chi connectivity index (χ3v) is 2.64. The summed E-state index contributed by atoms with van der Waals surface area (Å²) < 4.78 is 43.4. The van der Waals surface area contributed by atoms with Crippen molar-refractivity contribution in [3.63, 3.8) is 0 Å². The first-order chi connectivity index (χ1) is 8.14. The number of benzene rings is 1. The lowest BCUT2D eigenvalue weighted by atomic mass is 9.87. The summed E-state index contributed by atoms with van der Waals surface area (Å²) in [4.78, 5) is 10.9. The Bertz CT molecular complexity index is 473. The standard InChI is InChI=1S/C11H12F3NO3/c1-6-5-7(18-2)3-4-8(6)10(15,9(16)17)11(12,13)14/h3-5H,15H2,1-2H3,(H,16,17). The molecule has 3 N–H and O–H groups in total. The van der Waals surface area contributed by atoms with Gasteiger partial charge in [0.15, 0.2) is 0 Å².